The van der Waals surface area contributed by atoms with Crippen LogP contribution in [-0.4, -0.2) is 52.1 Å². The number of hydrogen-bond acceptors (Lipinski definition) is 2. The van der Waals surface area contributed by atoms with Gasteiger partial charge >= 0.3 is 12.0 Å². The maximum Gasteiger partial charge on any atom is 0.329 e. The lowest BCUT2D eigenvalue weighted by molar-refractivity contribution is -0.147. The van der Waals surface area contributed by atoms with Crippen LogP contribution in [0.5, 0.6) is 0 Å². The maximum atomic E-state index is 12.7. The van der Waals surface area contributed by atoms with E-state index in [0.717, 1.165) is 38.8 Å². The van der Waals surface area contributed by atoms with Crippen molar-refractivity contribution in [1.29, 1.82) is 0 Å². The molecule has 0 bridgehead atoms. The molecule has 2 aliphatic rings. The molecule has 0 spiro atoms. The Morgan fingerprint density at radius 1 is 0.950 bits per heavy atom. The van der Waals surface area contributed by atoms with Gasteiger partial charge in [-0.25, -0.2) is 9.59 Å². The number of nitrogens with zero attached hydrogens (tertiary/aromatic N) is 2. The fraction of sp³-hybridized carbons (Fsp3) is 0.867. The number of carboxylic acid groups (broad SMARTS) is 1. The summed E-state index contributed by atoms with van der Waals surface area (Å²) in [7, 11) is 0. The van der Waals surface area contributed by atoms with Gasteiger partial charge in [-0.15, -0.1) is 0 Å². The molecule has 2 heterocycles. The molecule has 2 fully saturated rings. The largest absolute Gasteiger partial charge is 0.480 e. The van der Waals surface area contributed by atoms with Crippen molar-refractivity contribution in [3.63, 3.8) is 0 Å². The average Bonchev–Trinajstić information content (AvgIpc) is 2.66. The minimum absolute atomic E-state index is 0.0925. The topological polar surface area (TPSA) is 60.9 Å². The van der Waals surface area contributed by atoms with E-state index in [1.54, 1.807) is 11.8 Å². The number of urea groups is 1. The molecular weight excluding hydrogens is 256 g/mol. The Kier molecular flexibility index (Phi) is 3.98. The minimum Gasteiger partial charge on any atom is -0.480 e. The number of carbonyl (C=O) groups excluding carboxylic acids is 1. The zero-order chi connectivity index (χ0) is 15.0. The van der Waals surface area contributed by atoms with Crippen molar-refractivity contribution in [1.82, 2.24) is 9.80 Å². The number of carbonyl (C=O) groups is 2. The molecule has 2 rings (SSSR count). The third kappa shape index (κ3) is 2.76. The van der Waals surface area contributed by atoms with E-state index in [4.69, 9.17) is 0 Å². The van der Waals surface area contributed by atoms with Gasteiger partial charge in [0.2, 0.25) is 0 Å². The van der Waals surface area contributed by atoms with E-state index in [9.17, 15) is 14.7 Å². The molecule has 5 heteroatoms. The second-order valence-electron chi connectivity index (χ2n) is 7.12. The molecule has 2 amide bonds. The van der Waals surface area contributed by atoms with Crippen molar-refractivity contribution >= 4 is 12.0 Å². The van der Waals surface area contributed by atoms with Crippen LogP contribution in [0.25, 0.3) is 0 Å². The van der Waals surface area contributed by atoms with Crippen LogP contribution in [0.1, 0.15) is 52.9 Å². The highest BCUT2D eigenvalue weighted by Gasteiger charge is 2.47. The summed E-state index contributed by atoms with van der Waals surface area (Å²) in [6.07, 6.45) is 4.42. The number of rotatable bonds is 1. The monoisotopic (exact) mass is 282 g/mol. The van der Waals surface area contributed by atoms with Crippen LogP contribution >= 0.6 is 0 Å². The summed E-state index contributed by atoms with van der Waals surface area (Å²) in [6.45, 7) is 8.17. The summed E-state index contributed by atoms with van der Waals surface area (Å²) in [5.41, 5.74) is -0.755. The zero-order valence-corrected chi connectivity index (χ0v) is 12.8. The smallest absolute Gasteiger partial charge is 0.329 e. The van der Waals surface area contributed by atoms with Gasteiger partial charge in [-0.05, 0) is 44.4 Å². The Balaban J connectivity index is 2.09. The van der Waals surface area contributed by atoms with Crippen molar-refractivity contribution in [2.75, 3.05) is 19.6 Å². The van der Waals surface area contributed by atoms with Crippen molar-refractivity contribution in [2.24, 2.45) is 5.41 Å². The standard InChI is InChI=1S/C15H26N2O3/c1-14(2)6-4-9-16(11-8-14)13(20)17-10-5-7-15(17,3)12(18)19/h4-11H2,1-3H3,(H,18,19). The molecule has 20 heavy (non-hydrogen) atoms. The van der Waals surface area contributed by atoms with Crippen LogP contribution in [0.15, 0.2) is 0 Å². The van der Waals surface area contributed by atoms with Gasteiger partial charge in [0.25, 0.3) is 0 Å². The Hall–Kier alpha value is -1.26. The highest BCUT2D eigenvalue weighted by molar-refractivity contribution is 5.86. The van der Waals surface area contributed by atoms with Gasteiger partial charge in [0.15, 0.2) is 0 Å². The molecule has 1 atom stereocenters. The van der Waals surface area contributed by atoms with Gasteiger partial charge in [0.1, 0.15) is 5.54 Å². The second kappa shape index (κ2) is 5.26. The zero-order valence-electron chi connectivity index (χ0n) is 12.8. The molecule has 0 aromatic heterocycles. The van der Waals surface area contributed by atoms with Crippen LogP contribution in [0.4, 0.5) is 4.79 Å². The number of carboxylic acids is 1. The molecule has 0 saturated carbocycles. The normalized spacial score (nSPS) is 30.1. The van der Waals surface area contributed by atoms with E-state index in [-0.39, 0.29) is 11.4 Å². The SMILES string of the molecule is CC1(C)CCCN(C(=O)N2CCCC2(C)C(=O)O)CC1. The number of aliphatic carboxylic acids is 1. The summed E-state index contributed by atoms with van der Waals surface area (Å²) in [5, 5.41) is 9.42. The third-order valence-corrected chi connectivity index (χ3v) is 4.94. The second-order valence-corrected chi connectivity index (χ2v) is 7.12. The van der Waals surface area contributed by atoms with Gasteiger partial charge in [-0.1, -0.05) is 13.8 Å². The summed E-state index contributed by atoms with van der Waals surface area (Å²) < 4.78 is 0. The van der Waals surface area contributed by atoms with Crippen LogP contribution in [0.3, 0.4) is 0 Å². The fourth-order valence-corrected chi connectivity index (χ4v) is 3.28. The highest BCUT2D eigenvalue weighted by Crippen LogP contribution is 2.33. The van der Waals surface area contributed by atoms with E-state index in [0.29, 0.717) is 13.0 Å². The van der Waals surface area contributed by atoms with Crippen molar-refractivity contribution in [3.8, 4) is 0 Å². The molecule has 0 aliphatic carbocycles. The number of likely N-dealkylation sites (tertiary alicyclic amines) is 2. The molecule has 0 aromatic carbocycles. The molecular formula is C15H26N2O3. The lowest BCUT2D eigenvalue weighted by Crippen LogP contribution is -2.55. The lowest BCUT2D eigenvalue weighted by atomic mass is 9.85. The summed E-state index contributed by atoms with van der Waals surface area (Å²) in [5.74, 6) is -0.890. The Morgan fingerprint density at radius 2 is 1.60 bits per heavy atom. The highest BCUT2D eigenvalue weighted by atomic mass is 16.4. The molecule has 0 aromatic rings. The predicted molar refractivity (Wildman–Crippen MR) is 76.6 cm³/mol. The van der Waals surface area contributed by atoms with Gasteiger partial charge in [-0.3, -0.25) is 0 Å². The maximum absolute atomic E-state index is 12.7. The molecule has 1 N–H and O–H groups in total. The molecule has 0 radical (unpaired) electrons. The minimum atomic E-state index is -1.03. The average molecular weight is 282 g/mol. The van der Waals surface area contributed by atoms with E-state index in [1.165, 1.54) is 0 Å². The van der Waals surface area contributed by atoms with E-state index in [1.807, 2.05) is 4.90 Å². The van der Waals surface area contributed by atoms with Crippen LogP contribution in [-0.2, 0) is 4.79 Å². The molecule has 114 valence electrons. The third-order valence-electron chi connectivity index (χ3n) is 4.94. The first-order valence-corrected chi connectivity index (χ1v) is 7.56. The van der Waals surface area contributed by atoms with Crippen LogP contribution in [0.2, 0.25) is 0 Å². The summed E-state index contributed by atoms with van der Waals surface area (Å²) >= 11 is 0. The molecule has 5 nitrogen and oxygen atoms in total. The Labute approximate surface area is 120 Å². The van der Waals surface area contributed by atoms with Crippen molar-refractivity contribution < 1.29 is 14.7 Å². The van der Waals surface area contributed by atoms with E-state index >= 15 is 0 Å². The molecule has 1 unspecified atom stereocenters. The quantitative estimate of drug-likeness (QED) is 0.804. The number of hydrogen-bond donors (Lipinski definition) is 1. The van der Waals surface area contributed by atoms with Gasteiger partial charge in [-0.2, -0.15) is 0 Å². The van der Waals surface area contributed by atoms with E-state index < -0.39 is 11.5 Å². The Morgan fingerprint density at radius 3 is 2.25 bits per heavy atom. The first-order valence-electron chi connectivity index (χ1n) is 7.56. The van der Waals surface area contributed by atoms with Gasteiger partial charge in [0.05, 0.1) is 0 Å². The first-order chi connectivity index (χ1) is 9.26. The Bertz CT molecular complexity index is 408. The van der Waals surface area contributed by atoms with Crippen LogP contribution < -0.4 is 0 Å². The van der Waals surface area contributed by atoms with Crippen molar-refractivity contribution in [2.45, 2.75) is 58.4 Å². The molecule has 2 saturated heterocycles. The number of amides is 2. The van der Waals surface area contributed by atoms with Gasteiger partial charge in [0, 0.05) is 19.6 Å². The summed E-state index contributed by atoms with van der Waals surface area (Å²) in [4.78, 5) is 27.6. The summed E-state index contributed by atoms with van der Waals surface area (Å²) in [6, 6.07) is -0.0925. The van der Waals surface area contributed by atoms with E-state index in [2.05, 4.69) is 13.8 Å². The van der Waals surface area contributed by atoms with Crippen LogP contribution in [0, 0.1) is 5.41 Å². The fourth-order valence-electron chi connectivity index (χ4n) is 3.28. The first kappa shape index (κ1) is 15.1. The lowest BCUT2D eigenvalue weighted by Gasteiger charge is -2.35. The van der Waals surface area contributed by atoms with Gasteiger partial charge < -0.3 is 14.9 Å². The molecule has 2 aliphatic heterocycles. The predicted octanol–water partition coefficient (Wildman–Crippen LogP) is 2.56. The van der Waals surface area contributed by atoms with Crippen molar-refractivity contribution in [3.05, 3.63) is 0 Å².